The Morgan fingerprint density at radius 1 is 1.06 bits per heavy atom. The predicted molar refractivity (Wildman–Crippen MR) is 119 cm³/mol. The summed E-state index contributed by atoms with van der Waals surface area (Å²) in [4.78, 5) is 53.1. The summed E-state index contributed by atoms with van der Waals surface area (Å²) in [6, 6.07) is 14.0. The van der Waals surface area contributed by atoms with Crippen LogP contribution < -0.4 is 10.6 Å². The number of nitrogens with one attached hydrogen (secondary N) is 2. The van der Waals surface area contributed by atoms with E-state index in [1.165, 1.54) is 17.0 Å². The average molecular weight is 455 g/mol. The SMILES string of the molecule is CCN(CC(=O)NCc1ccc(F)cc1)C(=O)CN1C(=O)NC(CC)(c2ccccc2)C1=O. The van der Waals surface area contributed by atoms with Crippen molar-refractivity contribution in [3.05, 3.63) is 71.5 Å². The van der Waals surface area contributed by atoms with E-state index in [4.69, 9.17) is 0 Å². The number of nitrogens with zero attached hydrogens (tertiary/aromatic N) is 2. The van der Waals surface area contributed by atoms with E-state index in [9.17, 15) is 23.6 Å². The molecule has 5 amide bonds. The van der Waals surface area contributed by atoms with Crippen LogP contribution in [0.25, 0.3) is 0 Å². The standard InChI is InChI=1S/C24H27FN4O4/c1-3-24(18-8-6-5-7-9-18)22(32)29(23(33)27-24)16-21(31)28(4-2)15-20(30)26-14-17-10-12-19(25)13-11-17/h5-13H,3-4,14-16H2,1-2H3,(H,26,30)(H,27,33). The van der Waals surface area contributed by atoms with E-state index in [1.54, 1.807) is 50.2 Å². The minimum absolute atomic E-state index is 0.188. The molecule has 1 saturated heterocycles. The van der Waals surface area contributed by atoms with E-state index in [0.717, 1.165) is 10.5 Å². The van der Waals surface area contributed by atoms with Gasteiger partial charge in [0.1, 0.15) is 17.9 Å². The summed E-state index contributed by atoms with van der Waals surface area (Å²) in [6.07, 6.45) is 0.329. The number of halogens is 1. The van der Waals surface area contributed by atoms with Crippen LogP contribution in [0.5, 0.6) is 0 Å². The van der Waals surface area contributed by atoms with Crippen LogP contribution in [0.4, 0.5) is 9.18 Å². The van der Waals surface area contributed by atoms with Crippen molar-refractivity contribution in [2.45, 2.75) is 32.4 Å². The molecule has 1 unspecified atom stereocenters. The van der Waals surface area contributed by atoms with E-state index in [2.05, 4.69) is 10.6 Å². The van der Waals surface area contributed by atoms with Crippen molar-refractivity contribution in [1.82, 2.24) is 20.4 Å². The number of hydrogen-bond acceptors (Lipinski definition) is 4. The Hall–Kier alpha value is -3.75. The summed E-state index contributed by atoms with van der Waals surface area (Å²) in [5, 5.41) is 5.42. The van der Waals surface area contributed by atoms with Gasteiger partial charge in [0.05, 0.1) is 6.54 Å². The summed E-state index contributed by atoms with van der Waals surface area (Å²) >= 11 is 0. The molecule has 2 N–H and O–H groups in total. The number of carbonyl (C=O) groups is 4. The van der Waals surface area contributed by atoms with Gasteiger partial charge >= 0.3 is 6.03 Å². The Labute approximate surface area is 191 Å². The summed E-state index contributed by atoms with van der Waals surface area (Å²) in [7, 11) is 0. The van der Waals surface area contributed by atoms with Gasteiger partial charge in [0, 0.05) is 13.1 Å². The van der Waals surface area contributed by atoms with E-state index < -0.39 is 35.8 Å². The molecule has 0 spiro atoms. The molecule has 8 nitrogen and oxygen atoms in total. The van der Waals surface area contributed by atoms with Gasteiger partial charge < -0.3 is 15.5 Å². The molecule has 174 valence electrons. The number of hydrogen-bond donors (Lipinski definition) is 2. The first-order chi connectivity index (χ1) is 15.8. The molecule has 0 aromatic heterocycles. The number of likely N-dealkylation sites (N-methyl/N-ethyl adjacent to an activating group) is 1. The fourth-order valence-corrected chi connectivity index (χ4v) is 3.78. The highest BCUT2D eigenvalue weighted by molar-refractivity contribution is 6.09. The number of rotatable bonds is 9. The van der Waals surface area contributed by atoms with Crippen molar-refractivity contribution in [2.75, 3.05) is 19.6 Å². The normalized spacial score (nSPS) is 17.6. The van der Waals surface area contributed by atoms with Gasteiger partial charge in [-0.3, -0.25) is 19.3 Å². The number of urea groups is 1. The third kappa shape index (κ3) is 5.19. The largest absolute Gasteiger partial charge is 0.350 e. The van der Waals surface area contributed by atoms with E-state index in [0.29, 0.717) is 12.0 Å². The summed E-state index contributed by atoms with van der Waals surface area (Å²) in [5.41, 5.74) is 0.144. The zero-order valence-electron chi connectivity index (χ0n) is 18.6. The van der Waals surface area contributed by atoms with Crippen molar-refractivity contribution in [3.8, 4) is 0 Å². The molecule has 1 aliphatic heterocycles. The molecule has 0 aliphatic carbocycles. The molecule has 0 bridgehead atoms. The molecule has 1 atom stereocenters. The fraction of sp³-hybridized carbons (Fsp3) is 0.333. The molecule has 3 rings (SSSR count). The van der Waals surface area contributed by atoms with E-state index >= 15 is 0 Å². The smallest absolute Gasteiger partial charge is 0.325 e. The Morgan fingerprint density at radius 3 is 2.33 bits per heavy atom. The minimum atomic E-state index is -1.22. The minimum Gasteiger partial charge on any atom is -0.350 e. The van der Waals surface area contributed by atoms with Gasteiger partial charge in [0.15, 0.2) is 0 Å². The lowest BCUT2D eigenvalue weighted by Crippen LogP contribution is -2.47. The Morgan fingerprint density at radius 2 is 1.73 bits per heavy atom. The van der Waals surface area contributed by atoms with Gasteiger partial charge in [0.2, 0.25) is 11.8 Å². The molecule has 0 saturated carbocycles. The highest BCUT2D eigenvalue weighted by Crippen LogP contribution is 2.32. The molecular weight excluding hydrogens is 427 g/mol. The van der Waals surface area contributed by atoms with Crippen LogP contribution in [0.2, 0.25) is 0 Å². The second-order valence-electron chi connectivity index (χ2n) is 7.76. The second-order valence-corrected chi connectivity index (χ2v) is 7.76. The molecule has 2 aromatic carbocycles. The van der Waals surface area contributed by atoms with Crippen LogP contribution in [0.3, 0.4) is 0 Å². The first kappa shape index (κ1) is 23.9. The van der Waals surface area contributed by atoms with Crippen molar-refractivity contribution in [3.63, 3.8) is 0 Å². The van der Waals surface area contributed by atoms with Crippen LogP contribution in [0.1, 0.15) is 31.4 Å². The van der Waals surface area contributed by atoms with Crippen LogP contribution in [0.15, 0.2) is 54.6 Å². The van der Waals surface area contributed by atoms with Crippen molar-refractivity contribution in [1.29, 1.82) is 0 Å². The molecule has 33 heavy (non-hydrogen) atoms. The summed E-state index contributed by atoms with van der Waals surface area (Å²) in [6.45, 7) is 3.23. The molecule has 1 fully saturated rings. The van der Waals surface area contributed by atoms with Crippen LogP contribution >= 0.6 is 0 Å². The second kappa shape index (κ2) is 10.2. The Balaban J connectivity index is 1.62. The lowest BCUT2D eigenvalue weighted by atomic mass is 9.87. The number of carbonyl (C=O) groups excluding carboxylic acids is 4. The third-order valence-corrected chi connectivity index (χ3v) is 5.74. The molecule has 9 heteroatoms. The zero-order chi connectivity index (χ0) is 24.0. The lowest BCUT2D eigenvalue weighted by molar-refractivity contribution is -0.140. The van der Waals surface area contributed by atoms with Crippen molar-refractivity contribution >= 4 is 23.8 Å². The maximum absolute atomic E-state index is 13.2. The molecular formula is C24H27FN4O4. The highest BCUT2D eigenvalue weighted by atomic mass is 19.1. The first-order valence-electron chi connectivity index (χ1n) is 10.8. The van der Waals surface area contributed by atoms with Crippen LogP contribution in [-0.4, -0.2) is 53.2 Å². The van der Waals surface area contributed by atoms with E-state index in [-0.39, 0.29) is 25.5 Å². The molecule has 0 radical (unpaired) electrons. The zero-order valence-corrected chi connectivity index (χ0v) is 18.6. The van der Waals surface area contributed by atoms with Gasteiger partial charge in [-0.25, -0.2) is 9.18 Å². The predicted octanol–water partition coefficient (Wildman–Crippen LogP) is 2.15. The van der Waals surface area contributed by atoms with Crippen molar-refractivity contribution < 1.29 is 23.6 Å². The maximum atomic E-state index is 13.2. The Kier molecular flexibility index (Phi) is 7.42. The van der Waals surface area contributed by atoms with Crippen molar-refractivity contribution in [2.24, 2.45) is 0 Å². The molecule has 1 aliphatic rings. The van der Waals surface area contributed by atoms with Gasteiger partial charge in [-0.05, 0) is 36.6 Å². The highest BCUT2D eigenvalue weighted by Gasteiger charge is 2.51. The van der Waals surface area contributed by atoms with Gasteiger partial charge in [-0.1, -0.05) is 49.4 Å². The average Bonchev–Trinajstić information content (AvgIpc) is 3.07. The number of imide groups is 1. The Bertz CT molecular complexity index is 1030. The van der Waals surface area contributed by atoms with Crippen LogP contribution in [-0.2, 0) is 26.5 Å². The third-order valence-electron chi connectivity index (χ3n) is 5.74. The summed E-state index contributed by atoms with van der Waals surface area (Å²) in [5.74, 6) is -1.78. The monoisotopic (exact) mass is 454 g/mol. The maximum Gasteiger partial charge on any atom is 0.325 e. The lowest BCUT2D eigenvalue weighted by Gasteiger charge is -2.26. The van der Waals surface area contributed by atoms with Gasteiger partial charge in [-0.2, -0.15) is 0 Å². The van der Waals surface area contributed by atoms with E-state index in [1.807, 2.05) is 6.07 Å². The number of amides is 5. The fourth-order valence-electron chi connectivity index (χ4n) is 3.78. The number of benzene rings is 2. The first-order valence-corrected chi connectivity index (χ1v) is 10.8. The topological polar surface area (TPSA) is 98.8 Å². The van der Waals surface area contributed by atoms with Gasteiger partial charge in [-0.15, -0.1) is 0 Å². The molecule has 1 heterocycles. The summed E-state index contributed by atoms with van der Waals surface area (Å²) < 4.78 is 13.0. The van der Waals surface area contributed by atoms with Gasteiger partial charge in [0.25, 0.3) is 5.91 Å². The van der Waals surface area contributed by atoms with Crippen LogP contribution in [0, 0.1) is 5.82 Å². The quantitative estimate of drug-likeness (QED) is 0.567. The molecule has 2 aromatic rings.